The van der Waals surface area contributed by atoms with Gasteiger partial charge in [0.05, 0.1) is 0 Å². The van der Waals surface area contributed by atoms with Gasteiger partial charge in [-0.3, -0.25) is 9.69 Å². The fourth-order valence-electron chi connectivity index (χ4n) is 2.78. The zero-order chi connectivity index (χ0) is 11.5. The average Bonchev–Trinajstić information content (AvgIpc) is 2.17. The molecule has 1 aliphatic rings. The van der Waals surface area contributed by atoms with Crippen LogP contribution in [0.5, 0.6) is 0 Å². The first kappa shape index (κ1) is 12.5. The molecule has 0 aliphatic heterocycles. The number of likely N-dealkylation sites (N-methyl/N-ethyl adjacent to an activating group) is 1. The van der Waals surface area contributed by atoms with Crippen molar-refractivity contribution in [1.29, 1.82) is 0 Å². The Kier molecular flexibility index (Phi) is 4.14. The third kappa shape index (κ3) is 2.51. The van der Waals surface area contributed by atoms with Gasteiger partial charge in [0.25, 0.3) is 0 Å². The van der Waals surface area contributed by atoms with Crippen molar-refractivity contribution in [2.75, 3.05) is 13.6 Å². The molecule has 1 aliphatic carbocycles. The van der Waals surface area contributed by atoms with E-state index in [0.29, 0.717) is 5.92 Å². The van der Waals surface area contributed by atoms with Crippen LogP contribution in [-0.4, -0.2) is 35.1 Å². The van der Waals surface area contributed by atoms with Crippen LogP contribution < -0.4 is 0 Å². The first-order chi connectivity index (χ1) is 7.03. The lowest BCUT2D eigenvalue weighted by Gasteiger charge is -2.43. The lowest BCUT2D eigenvalue weighted by atomic mass is 9.75. The molecule has 1 fully saturated rings. The maximum atomic E-state index is 11.5. The molecule has 15 heavy (non-hydrogen) atoms. The minimum Gasteiger partial charge on any atom is -0.480 e. The van der Waals surface area contributed by atoms with Crippen LogP contribution in [0.1, 0.15) is 46.0 Å². The zero-order valence-corrected chi connectivity index (χ0v) is 10.1. The van der Waals surface area contributed by atoms with E-state index in [-0.39, 0.29) is 0 Å². The summed E-state index contributed by atoms with van der Waals surface area (Å²) in [5.74, 6) is -0.0980. The number of carbonyl (C=O) groups is 1. The molecule has 1 saturated carbocycles. The van der Waals surface area contributed by atoms with E-state index >= 15 is 0 Å². The van der Waals surface area contributed by atoms with Crippen LogP contribution in [0.4, 0.5) is 0 Å². The molecule has 3 heteroatoms. The summed E-state index contributed by atoms with van der Waals surface area (Å²) in [5.41, 5.74) is -0.590. The topological polar surface area (TPSA) is 40.5 Å². The van der Waals surface area contributed by atoms with E-state index in [1.807, 2.05) is 11.9 Å². The summed E-state index contributed by atoms with van der Waals surface area (Å²) in [4.78, 5) is 13.5. The number of aliphatic carboxylic acids is 1. The van der Waals surface area contributed by atoms with Gasteiger partial charge in [-0.05, 0) is 38.8 Å². The fraction of sp³-hybridized carbons (Fsp3) is 0.917. The number of rotatable bonds is 4. The van der Waals surface area contributed by atoms with Gasteiger partial charge in [0, 0.05) is 0 Å². The quantitative estimate of drug-likeness (QED) is 0.779. The third-order valence-electron chi connectivity index (χ3n) is 3.66. The Labute approximate surface area is 92.5 Å². The Hall–Kier alpha value is -0.570. The molecule has 1 N–H and O–H groups in total. The molecular formula is C12H23NO2. The summed E-state index contributed by atoms with van der Waals surface area (Å²) in [7, 11) is 1.95. The number of hydrogen-bond donors (Lipinski definition) is 1. The van der Waals surface area contributed by atoms with Crippen molar-refractivity contribution < 1.29 is 9.90 Å². The summed E-state index contributed by atoms with van der Waals surface area (Å²) >= 11 is 0. The fourth-order valence-corrected chi connectivity index (χ4v) is 2.78. The van der Waals surface area contributed by atoms with E-state index in [1.165, 1.54) is 6.42 Å². The summed E-state index contributed by atoms with van der Waals surface area (Å²) in [6.45, 7) is 5.13. The molecule has 88 valence electrons. The van der Waals surface area contributed by atoms with Crippen LogP contribution in [-0.2, 0) is 4.79 Å². The molecule has 0 radical (unpaired) electrons. The van der Waals surface area contributed by atoms with E-state index in [0.717, 1.165) is 32.2 Å². The third-order valence-corrected chi connectivity index (χ3v) is 3.66. The maximum Gasteiger partial charge on any atom is 0.324 e. The number of carboxylic acids is 1. The Morgan fingerprint density at radius 2 is 2.27 bits per heavy atom. The van der Waals surface area contributed by atoms with Crippen LogP contribution in [0.25, 0.3) is 0 Å². The standard InChI is InChI=1S/C12H23NO2/c1-4-8-13(3)12(11(14)15)7-5-6-10(2)9-12/h10H,4-9H2,1-3H3,(H,14,15). The molecule has 0 aromatic heterocycles. The van der Waals surface area contributed by atoms with Gasteiger partial charge in [-0.25, -0.2) is 0 Å². The van der Waals surface area contributed by atoms with Gasteiger partial charge in [0.2, 0.25) is 0 Å². The predicted molar refractivity (Wildman–Crippen MR) is 60.9 cm³/mol. The predicted octanol–water partition coefficient (Wildman–Crippen LogP) is 2.36. The highest BCUT2D eigenvalue weighted by Gasteiger charge is 2.44. The minimum atomic E-state index is -0.634. The van der Waals surface area contributed by atoms with E-state index in [1.54, 1.807) is 0 Å². The lowest BCUT2D eigenvalue weighted by Crippen LogP contribution is -2.55. The van der Waals surface area contributed by atoms with Gasteiger partial charge in [-0.2, -0.15) is 0 Å². The molecule has 0 aromatic carbocycles. The molecule has 2 atom stereocenters. The van der Waals surface area contributed by atoms with Crippen molar-refractivity contribution in [3.05, 3.63) is 0 Å². The highest BCUT2D eigenvalue weighted by atomic mass is 16.4. The van der Waals surface area contributed by atoms with E-state index in [9.17, 15) is 9.90 Å². The Morgan fingerprint density at radius 3 is 2.73 bits per heavy atom. The highest BCUT2D eigenvalue weighted by Crippen LogP contribution is 2.36. The Morgan fingerprint density at radius 1 is 1.60 bits per heavy atom. The van der Waals surface area contributed by atoms with Crippen LogP contribution in [0.15, 0.2) is 0 Å². The van der Waals surface area contributed by atoms with E-state index in [4.69, 9.17) is 0 Å². The molecule has 0 amide bonds. The van der Waals surface area contributed by atoms with Crippen LogP contribution in [0, 0.1) is 5.92 Å². The van der Waals surface area contributed by atoms with Crippen LogP contribution in [0.3, 0.4) is 0 Å². The van der Waals surface area contributed by atoms with Crippen molar-refractivity contribution >= 4 is 5.97 Å². The summed E-state index contributed by atoms with van der Waals surface area (Å²) in [6.07, 6.45) is 4.85. The second-order valence-electron chi connectivity index (χ2n) is 4.96. The number of nitrogens with zero attached hydrogens (tertiary/aromatic N) is 1. The van der Waals surface area contributed by atoms with Gasteiger partial charge in [-0.1, -0.05) is 26.7 Å². The van der Waals surface area contributed by atoms with Crippen molar-refractivity contribution in [3.8, 4) is 0 Å². The first-order valence-electron chi connectivity index (χ1n) is 5.97. The maximum absolute atomic E-state index is 11.5. The molecular weight excluding hydrogens is 190 g/mol. The van der Waals surface area contributed by atoms with Crippen molar-refractivity contribution in [1.82, 2.24) is 4.90 Å². The Bertz CT molecular complexity index is 230. The van der Waals surface area contributed by atoms with Crippen LogP contribution in [0.2, 0.25) is 0 Å². The molecule has 3 nitrogen and oxygen atoms in total. The first-order valence-corrected chi connectivity index (χ1v) is 5.97. The molecule has 0 heterocycles. The summed E-state index contributed by atoms with van der Waals surface area (Å²) in [6, 6.07) is 0. The number of hydrogen-bond acceptors (Lipinski definition) is 2. The normalized spacial score (nSPS) is 31.9. The highest BCUT2D eigenvalue weighted by molar-refractivity contribution is 5.79. The van der Waals surface area contributed by atoms with Gasteiger partial charge in [-0.15, -0.1) is 0 Å². The van der Waals surface area contributed by atoms with Crippen molar-refractivity contribution in [2.45, 2.75) is 51.5 Å². The second-order valence-corrected chi connectivity index (χ2v) is 4.96. The molecule has 0 spiro atoms. The average molecular weight is 213 g/mol. The minimum absolute atomic E-state index is 0.536. The summed E-state index contributed by atoms with van der Waals surface area (Å²) < 4.78 is 0. The van der Waals surface area contributed by atoms with Crippen molar-refractivity contribution in [2.24, 2.45) is 5.92 Å². The number of carboxylic acid groups (broad SMARTS) is 1. The van der Waals surface area contributed by atoms with Gasteiger partial charge in [0.1, 0.15) is 5.54 Å². The van der Waals surface area contributed by atoms with E-state index < -0.39 is 11.5 Å². The molecule has 0 aromatic rings. The van der Waals surface area contributed by atoms with Gasteiger partial charge < -0.3 is 5.11 Å². The van der Waals surface area contributed by atoms with Gasteiger partial charge >= 0.3 is 5.97 Å². The zero-order valence-electron chi connectivity index (χ0n) is 10.1. The lowest BCUT2D eigenvalue weighted by molar-refractivity contribution is -0.154. The Balaban J connectivity index is 2.81. The van der Waals surface area contributed by atoms with E-state index in [2.05, 4.69) is 13.8 Å². The van der Waals surface area contributed by atoms with Crippen molar-refractivity contribution in [3.63, 3.8) is 0 Å². The van der Waals surface area contributed by atoms with Gasteiger partial charge in [0.15, 0.2) is 0 Å². The molecule has 2 unspecified atom stereocenters. The molecule has 1 rings (SSSR count). The summed E-state index contributed by atoms with van der Waals surface area (Å²) in [5, 5.41) is 9.46. The smallest absolute Gasteiger partial charge is 0.324 e. The SMILES string of the molecule is CCCN(C)C1(C(=O)O)CCCC(C)C1. The monoisotopic (exact) mass is 213 g/mol. The molecule has 0 bridgehead atoms. The second kappa shape index (κ2) is 4.97. The van der Waals surface area contributed by atoms with Crippen LogP contribution >= 0.6 is 0 Å². The largest absolute Gasteiger partial charge is 0.480 e. The molecule has 0 saturated heterocycles.